The SMILES string of the molecule is CC(C)C(N)CCN(C)CC(=O)NC1(C)CCS(=O)(=O)C1. The Morgan fingerprint density at radius 2 is 2.05 bits per heavy atom. The van der Waals surface area contributed by atoms with Gasteiger partial charge in [0.2, 0.25) is 5.91 Å². The van der Waals surface area contributed by atoms with Crippen LogP contribution in [0, 0.1) is 5.92 Å². The van der Waals surface area contributed by atoms with E-state index < -0.39 is 15.4 Å². The predicted molar refractivity (Wildman–Crippen MR) is 84.7 cm³/mol. The second kappa shape index (κ2) is 7.07. The van der Waals surface area contributed by atoms with Crippen molar-refractivity contribution in [3.8, 4) is 0 Å². The number of rotatable bonds is 7. The fourth-order valence-electron chi connectivity index (χ4n) is 2.51. The van der Waals surface area contributed by atoms with Crippen molar-refractivity contribution in [3.05, 3.63) is 0 Å². The monoisotopic (exact) mass is 319 g/mol. The van der Waals surface area contributed by atoms with Gasteiger partial charge >= 0.3 is 0 Å². The summed E-state index contributed by atoms with van der Waals surface area (Å²) >= 11 is 0. The van der Waals surface area contributed by atoms with E-state index in [1.54, 1.807) is 6.92 Å². The average molecular weight is 319 g/mol. The van der Waals surface area contributed by atoms with Gasteiger partial charge in [-0.1, -0.05) is 13.8 Å². The van der Waals surface area contributed by atoms with Crippen molar-refractivity contribution in [1.29, 1.82) is 0 Å². The van der Waals surface area contributed by atoms with Gasteiger partial charge in [-0.3, -0.25) is 9.69 Å². The average Bonchev–Trinajstić information content (AvgIpc) is 2.59. The highest BCUT2D eigenvalue weighted by atomic mass is 32.2. The van der Waals surface area contributed by atoms with E-state index in [-0.39, 0.29) is 30.0 Å². The first kappa shape index (κ1) is 18.4. The molecule has 1 rings (SSSR count). The number of sulfone groups is 1. The van der Waals surface area contributed by atoms with Gasteiger partial charge in [0, 0.05) is 6.04 Å². The van der Waals surface area contributed by atoms with Crippen molar-refractivity contribution in [2.45, 2.75) is 45.2 Å². The lowest BCUT2D eigenvalue weighted by Gasteiger charge is -2.26. The molecule has 1 saturated heterocycles. The Labute approximate surface area is 128 Å². The lowest BCUT2D eigenvalue weighted by Crippen LogP contribution is -2.50. The van der Waals surface area contributed by atoms with Crippen molar-refractivity contribution < 1.29 is 13.2 Å². The van der Waals surface area contributed by atoms with E-state index in [0.29, 0.717) is 12.3 Å². The van der Waals surface area contributed by atoms with Gasteiger partial charge in [0.1, 0.15) is 0 Å². The van der Waals surface area contributed by atoms with Crippen molar-refractivity contribution in [2.75, 3.05) is 31.6 Å². The third-order valence-electron chi connectivity index (χ3n) is 4.06. The van der Waals surface area contributed by atoms with E-state index in [2.05, 4.69) is 19.2 Å². The van der Waals surface area contributed by atoms with Crippen LogP contribution in [0.25, 0.3) is 0 Å². The highest BCUT2D eigenvalue weighted by molar-refractivity contribution is 7.91. The minimum absolute atomic E-state index is 0.0354. The van der Waals surface area contributed by atoms with Crippen LogP contribution in [0.15, 0.2) is 0 Å². The van der Waals surface area contributed by atoms with Gasteiger partial charge < -0.3 is 11.1 Å². The summed E-state index contributed by atoms with van der Waals surface area (Å²) in [6.45, 7) is 6.98. The van der Waals surface area contributed by atoms with Crippen LogP contribution in [0.2, 0.25) is 0 Å². The molecule has 0 aromatic carbocycles. The Morgan fingerprint density at radius 3 is 2.52 bits per heavy atom. The molecule has 3 N–H and O–H groups in total. The van der Waals surface area contributed by atoms with Crippen LogP contribution in [0.1, 0.15) is 33.6 Å². The standard InChI is InChI=1S/C14H29N3O3S/c1-11(2)12(15)5-7-17(4)9-13(18)16-14(3)6-8-21(19,20)10-14/h11-12H,5-10,15H2,1-4H3,(H,16,18). The summed E-state index contributed by atoms with van der Waals surface area (Å²) in [5.74, 6) is 0.487. The highest BCUT2D eigenvalue weighted by Gasteiger charge is 2.39. The molecule has 1 amide bonds. The smallest absolute Gasteiger partial charge is 0.234 e. The number of carbonyl (C=O) groups is 1. The Kier molecular flexibility index (Phi) is 6.19. The van der Waals surface area contributed by atoms with Gasteiger partial charge in [-0.15, -0.1) is 0 Å². The number of nitrogens with one attached hydrogen (secondary N) is 1. The third kappa shape index (κ3) is 6.32. The molecule has 1 fully saturated rings. The molecule has 2 unspecified atom stereocenters. The molecule has 0 aromatic heterocycles. The molecule has 0 spiro atoms. The van der Waals surface area contributed by atoms with E-state index in [1.807, 2.05) is 11.9 Å². The predicted octanol–water partition coefficient (Wildman–Crippen LogP) is -0.0150. The molecular weight excluding hydrogens is 290 g/mol. The van der Waals surface area contributed by atoms with Gasteiger partial charge in [-0.2, -0.15) is 0 Å². The molecular formula is C14H29N3O3S. The minimum Gasteiger partial charge on any atom is -0.349 e. The van der Waals surface area contributed by atoms with Crippen molar-refractivity contribution in [2.24, 2.45) is 11.7 Å². The van der Waals surface area contributed by atoms with Gasteiger partial charge in [0.05, 0.1) is 23.6 Å². The van der Waals surface area contributed by atoms with E-state index in [0.717, 1.165) is 13.0 Å². The molecule has 124 valence electrons. The van der Waals surface area contributed by atoms with Crippen LogP contribution < -0.4 is 11.1 Å². The molecule has 0 aliphatic carbocycles. The molecule has 2 atom stereocenters. The first-order valence-corrected chi connectivity index (χ1v) is 9.31. The second-order valence-electron chi connectivity index (χ2n) is 6.89. The van der Waals surface area contributed by atoms with Crippen LogP contribution >= 0.6 is 0 Å². The maximum atomic E-state index is 12.0. The molecule has 0 aromatic rings. The molecule has 7 heteroatoms. The highest BCUT2D eigenvalue weighted by Crippen LogP contribution is 2.22. The number of amides is 1. The van der Waals surface area contributed by atoms with Crippen LogP contribution in [0.4, 0.5) is 0 Å². The number of hydrogen-bond donors (Lipinski definition) is 2. The second-order valence-corrected chi connectivity index (χ2v) is 9.07. The number of hydrogen-bond acceptors (Lipinski definition) is 5. The molecule has 0 bridgehead atoms. The first-order chi connectivity index (χ1) is 9.53. The summed E-state index contributed by atoms with van der Waals surface area (Å²) in [6, 6.07) is 0.132. The van der Waals surface area contributed by atoms with Crippen molar-refractivity contribution >= 4 is 15.7 Å². The normalized spacial score (nSPS) is 26.2. The summed E-state index contributed by atoms with van der Waals surface area (Å²) in [4.78, 5) is 13.9. The Hall–Kier alpha value is -0.660. The largest absolute Gasteiger partial charge is 0.349 e. The molecule has 0 saturated carbocycles. The van der Waals surface area contributed by atoms with E-state index in [9.17, 15) is 13.2 Å². The van der Waals surface area contributed by atoms with Crippen molar-refractivity contribution in [1.82, 2.24) is 10.2 Å². The number of nitrogens with two attached hydrogens (primary N) is 1. The number of nitrogens with zero attached hydrogens (tertiary/aromatic N) is 1. The fraction of sp³-hybridized carbons (Fsp3) is 0.929. The molecule has 6 nitrogen and oxygen atoms in total. The number of carbonyl (C=O) groups excluding carboxylic acids is 1. The summed E-state index contributed by atoms with van der Waals surface area (Å²) < 4.78 is 23.0. The quantitative estimate of drug-likeness (QED) is 0.688. The zero-order valence-electron chi connectivity index (χ0n) is 13.6. The molecule has 1 aliphatic rings. The topological polar surface area (TPSA) is 92.5 Å². The molecule has 1 heterocycles. The Bertz CT molecular complexity index is 464. The Balaban J connectivity index is 2.37. The first-order valence-electron chi connectivity index (χ1n) is 7.48. The molecule has 21 heavy (non-hydrogen) atoms. The van der Waals surface area contributed by atoms with E-state index in [4.69, 9.17) is 5.73 Å². The maximum absolute atomic E-state index is 12.0. The van der Waals surface area contributed by atoms with Gasteiger partial charge in [-0.05, 0) is 39.3 Å². The molecule has 1 aliphatic heterocycles. The maximum Gasteiger partial charge on any atom is 0.234 e. The van der Waals surface area contributed by atoms with Crippen LogP contribution in [0.5, 0.6) is 0 Å². The van der Waals surface area contributed by atoms with E-state index in [1.165, 1.54) is 0 Å². The lowest BCUT2D eigenvalue weighted by molar-refractivity contribution is -0.123. The van der Waals surface area contributed by atoms with Crippen molar-refractivity contribution in [3.63, 3.8) is 0 Å². The van der Waals surface area contributed by atoms with Gasteiger partial charge in [0.15, 0.2) is 9.84 Å². The Morgan fingerprint density at radius 1 is 1.43 bits per heavy atom. The van der Waals surface area contributed by atoms with E-state index >= 15 is 0 Å². The lowest BCUT2D eigenvalue weighted by atomic mass is 10.0. The number of likely N-dealkylation sites (N-methyl/N-ethyl adjacent to an activating group) is 1. The molecule has 0 radical (unpaired) electrons. The zero-order chi connectivity index (χ0) is 16.3. The third-order valence-corrected chi connectivity index (χ3v) is 5.96. The minimum atomic E-state index is -3.00. The van der Waals surface area contributed by atoms with Gasteiger partial charge in [-0.25, -0.2) is 8.42 Å². The van der Waals surface area contributed by atoms with Gasteiger partial charge in [0.25, 0.3) is 0 Å². The van der Waals surface area contributed by atoms with Crippen LogP contribution in [0.3, 0.4) is 0 Å². The van der Waals surface area contributed by atoms with Crippen LogP contribution in [-0.2, 0) is 14.6 Å². The summed E-state index contributed by atoms with van der Waals surface area (Å²) in [7, 11) is -1.13. The van der Waals surface area contributed by atoms with Crippen LogP contribution in [-0.4, -0.2) is 62.4 Å². The fourth-order valence-corrected chi connectivity index (χ4v) is 4.61. The summed E-state index contributed by atoms with van der Waals surface area (Å²) in [6.07, 6.45) is 1.33. The summed E-state index contributed by atoms with van der Waals surface area (Å²) in [5.41, 5.74) is 5.36. The zero-order valence-corrected chi connectivity index (χ0v) is 14.4. The summed E-state index contributed by atoms with van der Waals surface area (Å²) in [5, 5.41) is 2.86.